The number of nitrogens with zero attached hydrogens (tertiary/aromatic N) is 2. The second kappa shape index (κ2) is 11.0. The molecule has 0 aliphatic heterocycles. The Kier molecular flexibility index (Phi) is 7.31. The average molecular weight is 507 g/mol. The highest BCUT2D eigenvalue weighted by molar-refractivity contribution is 5.48. The van der Waals surface area contributed by atoms with Gasteiger partial charge in [-0.15, -0.1) is 0 Å². The fourth-order valence-electron chi connectivity index (χ4n) is 5.22. The molecule has 0 fully saturated rings. The zero-order valence-corrected chi connectivity index (χ0v) is 22.2. The van der Waals surface area contributed by atoms with Gasteiger partial charge in [0, 0.05) is 17.3 Å². The molecule has 6 heteroatoms. The number of aryl methyl sites for hydroxylation is 3. The Morgan fingerprint density at radius 1 is 0.632 bits per heavy atom. The molecule has 194 valence electrons. The minimum absolute atomic E-state index is 0.125. The van der Waals surface area contributed by atoms with Crippen molar-refractivity contribution in [3.63, 3.8) is 0 Å². The monoisotopic (exact) mass is 506 g/mol. The summed E-state index contributed by atoms with van der Waals surface area (Å²) in [5.41, 5.74) is 6.34. The number of para-hydroxylation sites is 2. The Bertz CT molecular complexity index is 1520. The topological polar surface area (TPSA) is 75.6 Å². The first-order valence-corrected chi connectivity index (χ1v) is 13.4. The van der Waals surface area contributed by atoms with E-state index in [9.17, 15) is 9.59 Å². The molecule has 0 saturated heterocycles. The van der Waals surface area contributed by atoms with Gasteiger partial charge in [-0.05, 0) is 49.6 Å². The lowest BCUT2D eigenvalue weighted by Gasteiger charge is -2.17. The second-order valence-electron chi connectivity index (χ2n) is 9.80. The molecule has 6 nitrogen and oxygen atoms in total. The standard InChI is InChI=1S/C32H34N4O2/c1-4-12-26-29(31(37)35(33-26)24-14-8-6-9-15-24)28(23-20-18-22(3)19-21-23)30-27(13-5-2)34-36(32(30)38)25-16-10-7-11-17-25/h6-11,14-21,28,33-34H,4-5,12-13H2,1-3H3. The van der Waals surface area contributed by atoms with E-state index in [4.69, 9.17) is 0 Å². The fraction of sp³-hybridized carbons (Fsp3) is 0.250. The Morgan fingerprint density at radius 3 is 1.45 bits per heavy atom. The van der Waals surface area contributed by atoms with E-state index in [1.807, 2.05) is 91.9 Å². The molecule has 5 rings (SSSR count). The van der Waals surface area contributed by atoms with Crippen molar-refractivity contribution in [3.05, 3.63) is 139 Å². The normalized spacial score (nSPS) is 11.4. The summed E-state index contributed by atoms with van der Waals surface area (Å²) < 4.78 is 3.23. The van der Waals surface area contributed by atoms with Gasteiger partial charge in [-0.1, -0.05) is 92.9 Å². The molecule has 38 heavy (non-hydrogen) atoms. The number of nitrogens with one attached hydrogen (secondary N) is 2. The number of hydrogen-bond acceptors (Lipinski definition) is 2. The molecule has 0 amide bonds. The van der Waals surface area contributed by atoms with Gasteiger partial charge in [0.2, 0.25) is 0 Å². The van der Waals surface area contributed by atoms with Gasteiger partial charge in [0.05, 0.1) is 22.5 Å². The van der Waals surface area contributed by atoms with E-state index in [2.05, 4.69) is 24.0 Å². The highest BCUT2D eigenvalue weighted by Gasteiger charge is 2.32. The van der Waals surface area contributed by atoms with Gasteiger partial charge < -0.3 is 0 Å². The summed E-state index contributed by atoms with van der Waals surface area (Å²) in [6.45, 7) is 6.25. The lowest BCUT2D eigenvalue weighted by atomic mass is 9.83. The van der Waals surface area contributed by atoms with Gasteiger partial charge in [-0.2, -0.15) is 0 Å². The molecule has 0 spiro atoms. The van der Waals surface area contributed by atoms with Crippen LogP contribution in [-0.2, 0) is 12.8 Å². The van der Waals surface area contributed by atoms with Crippen molar-refractivity contribution in [1.29, 1.82) is 0 Å². The SMILES string of the molecule is CCCc1[nH]n(-c2ccccc2)c(=O)c1C(c1ccc(C)cc1)c1c(CCC)[nH]n(-c2ccccc2)c1=O. The molecule has 0 unspecified atom stereocenters. The van der Waals surface area contributed by atoms with E-state index in [0.717, 1.165) is 46.7 Å². The first kappa shape index (κ1) is 25.3. The van der Waals surface area contributed by atoms with E-state index >= 15 is 0 Å². The van der Waals surface area contributed by atoms with Gasteiger partial charge >= 0.3 is 0 Å². The molecule has 0 aliphatic rings. The Morgan fingerprint density at radius 2 is 1.05 bits per heavy atom. The maximum absolute atomic E-state index is 14.2. The number of benzene rings is 3. The molecule has 5 aromatic rings. The summed E-state index contributed by atoms with van der Waals surface area (Å²) in [5, 5.41) is 6.79. The van der Waals surface area contributed by atoms with E-state index < -0.39 is 5.92 Å². The van der Waals surface area contributed by atoms with Crippen LogP contribution in [-0.4, -0.2) is 19.6 Å². The smallest absolute Gasteiger partial charge is 0.275 e. The molecule has 2 heterocycles. The van der Waals surface area contributed by atoms with Gasteiger partial charge in [0.25, 0.3) is 11.1 Å². The Hall–Kier alpha value is -4.32. The zero-order chi connectivity index (χ0) is 26.6. The fourth-order valence-corrected chi connectivity index (χ4v) is 5.22. The van der Waals surface area contributed by atoms with E-state index in [0.29, 0.717) is 24.0 Å². The number of H-pyrrole nitrogens is 2. The maximum atomic E-state index is 14.2. The Balaban J connectivity index is 1.82. The number of hydrogen-bond donors (Lipinski definition) is 2. The first-order valence-electron chi connectivity index (χ1n) is 13.4. The van der Waals surface area contributed by atoms with Crippen LogP contribution in [0.5, 0.6) is 0 Å². The molecule has 0 radical (unpaired) electrons. The summed E-state index contributed by atoms with van der Waals surface area (Å²) in [5.74, 6) is -0.513. The van der Waals surface area contributed by atoms with Gasteiger partial charge in [-0.3, -0.25) is 19.8 Å². The molecule has 0 atom stereocenters. The molecular formula is C32H34N4O2. The molecule has 3 aromatic carbocycles. The third-order valence-electron chi connectivity index (χ3n) is 7.03. The molecule has 2 N–H and O–H groups in total. The average Bonchev–Trinajstić information content (AvgIpc) is 3.43. The van der Waals surface area contributed by atoms with Crippen molar-refractivity contribution >= 4 is 0 Å². The van der Waals surface area contributed by atoms with Crippen molar-refractivity contribution in [1.82, 2.24) is 19.6 Å². The minimum Gasteiger partial charge on any atom is -0.295 e. The lowest BCUT2D eigenvalue weighted by Crippen LogP contribution is -2.25. The van der Waals surface area contributed by atoms with Crippen LogP contribution >= 0.6 is 0 Å². The summed E-state index contributed by atoms with van der Waals surface area (Å²) >= 11 is 0. The van der Waals surface area contributed by atoms with Crippen LogP contribution < -0.4 is 11.1 Å². The van der Waals surface area contributed by atoms with Crippen LogP contribution in [0.3, 0.4) is 0 Å². The van der Waals surface area contributed by atoms with Crippen molar-refractivity contribution < 1.29 is 0 Å². The van der Waals surface area contributed by atoms with Crippen molar-refractivity contribution in [3.8, 4) is 11.4 Å². The lowest BCUT2D eigenvalue weighted by molar-refractivity contribution is 0.789. The van der Waals surface area contributed by atoms with Gasteiger partial charge in [0.15, 0.2) is 0 Å². The Labute approximate surface area is 222 Å². The van der Waals surface area contributed by atoms with Crippen LogP contribution in [0.25, 0.3) is 11.4 Å². The molecule has 0 saturated carbocycles. The van der Waals surface area contributed by atoms with Crippen molar-refractivity contribution in [2.45, 2.75) is 52.4 Å². The third-order valence-corrected chi connectivity index (χ3v) is 7.03. The largest absolute Gasteiger partial charge is 0.295 e. The van der Waals surface area contributed by atoms with Crippen LogP contribution in [0.2, 0.25) is 0 Å². The highest BCUT2D eigenvalue weighted by atomic mass is 16.1. The van der Waals surface area contributed by atoms with Crippen molar-refractivity contribution in [2.75, 3.05) is 0 Å². The van der Waals surface area contributed by atoms with Gasteiger partial charge in [0.1, 0.15) is 0 Å². The minimum atomic E-state index is -0.513. The summed E-state index contributed by atoms with van der Waals surface area (Å²) in [4.78, 5) is 28.4. The number of rotatable bonds is 9. The maximum Gasteiger partial charge on any atom is 0.275 e. The number of aromatic nitrogens is 4. The van der Waals surface area contributed by atoms with Gasteiger partial charge in [-0.25, -0.2) is 9.36 Å². The van der Waals surface area contributed by atoms with Crippen LogP contribution in [0.4, 0.5) is 0 Å². The van der Waals surface area contributed by atoms with E-state index in [1.165, 1.54) is 0 Å². The summed E-state index contributed by atoms with van der Waals surface area (Å²) in [7, 11) is 0. The molecule has 2 aromatic heterocycles. The zero-order valence-electron chi connectivity index (χ0n) is 22.2. The van der Waals surface area contributed by atoms with E-state index in [1.54, 1.807) is 9.36 Å². The van der Waals surface area contributed by atoms with Crippen LogP contribution in [0, 0.1) is 6.92 Å². The first-order chi connectivity index (χ1) is 18.5. The summed E-state index contributed by atoms with van der Waals surface area (Å²) in [6, 6.07) is 27.4. The van der Waals surface area contributed by atoms with Crippen LogP contribution in [0.15, 0.2) is 94.5 Å². The van der Waals surface area contributed by atoms with Crippen molar-refractivity contribution in [2.24, 2.45) is 0 Å². The predicted octanol–water partition coefficient (Wildman–Crippen LogP) is 6.04. The highest BCUT2D eigenvalue weighted by Crippen LogP contribution is 2.33. The molecule has 0 aliphatic carbocycles. The molecular weight excluding hydrogens is 472 g/mol. The quantitative estimate of drug-likeness (QED) is 0.256. The van der Waals surface area contributed by atoms with E-state index in [-0.39, 0.29) is 11.1 Å². The number of aromatic amines is 2. The van der Waals surface area contributed by atoms with Crippen LogP contribution in [0.1, 0.15) is 66.2 Å². The third kappa shape index (κ3) is 4.70. The second-order valence-corrected chi connectivity index (χ2v) is 9.80. The summed E-state index contributed by atoms with van der Waals surface area (Å²) in [6.07, 6.45) is 3.14. The molecule has 0 bridgehead atoms. The predicted molar refractivity (Wildman–Crippen MR) is 153 cm³/mol.